The summed E-state index contributed by atoms with van der Waals surface area (Å²) < 4.78 is 0. The van der Waals surface area contributed by atoms with Gasteiger partial charge in [0.2, 0.25) is 0 Å². The van der Waals surface area contributed by atoms with Gasteiger partial charge in [-0.3, -0.25) is 9.59 Å². The van der Waals surface area contributed by atoms with Crippen LogP contribution in [-0.4, -0.2) is 45.2 Å². The number of Topliss-reactive ketones (excluding diaryl/α,β-unsaturated/α-hetero) is 1. The summed E-state index contributed by atoms with van der Waals surface area (Å²) in [6.07, 6.45) is 0. The van der Waals surface area contributed by atoms with Crippen molar-refractivity contribution in [3.8, 4) is 0 Å². The Morgan fingerprint density at radius 2 is 1.81 bits per heavy atom. The van der Waals surface area contributed by atoms with Gasteiger partial charge < -0.3 is 15.0 Å². The maximum Gasteiger partial charge on any atom is 0.352 e. The van der Waals surface area contributed by atoms with Crippen LogP contribution in [-0.2, 0) is 11.3 Å². The van der Waals surface area contributed by atoms with Crippen molar-refractivity contribution in [3.63, 3.8) is 0 Å². The Kier molecular flexibility index (Phi) is 5.20. The molecule has 1 aromatic heterocycles. The molecule has 8 nitrogen and oxygen atoms in total. The van der Waals surface area contributed by atoms with E-state index in [-0.39, 0.29) is 35.2 Å². The molecule has 2 heterocycles. The molecule has 1 fully saturated rings. The predicted molar refractivity (Wildman–Crippen MR) is 115 cm³/mol. The van der Waals surface area contributed by atoms with Crippen molar-refractivity contribution >= 4 is 63.5 Å². The van der Waals surface area contributed by atoms with Crippen molar-refractivity contribution in [2.24, 2.45) is 0 Å². The maximum atomic E-state index is 13.0. The van der Waals surface area contributed by atoms with E-state index in [9.17, 15) is 24.3 Å². The fourth-order valence-corrected chi connectivity index (χ4v) is 4.23. The van der Waals surface area contributed by atoms with E-state index in [0.29, 0.717) is 27.2 Å². The van der Waals surface area contributed by atoms with Crippen LogP contribution in [0.1, 0.15) is 33.3 Å². The predicted octanol–water partition coefficient (Wildman–Crippen LogP) is 4.34. The number of hydrogen-bond donors (Lipinski definition) is 2. The van der Waals surface area contributed by atoms with Crippen molar-refractivity contribution in [1.82, 2.24) is 9.88 Å². The number of ketones is 1. The number of benzene rings is 2. The molecule has 3 amide bonds. The number of aromatic amines is 1. The van der Waals surface area contributed by atoms with Crippen molar-refractivity contribution in [2.45, 2.75) is 13.5 Å². The van der Waals surface area contributed by atoms with Crippen LogP contribution < -0.4 is 4.90 Å². The number of carboxylic acid groups (broad SMARTS) is 1. The Morgan fingerprint density at radius 1 is 1.13 bits per heavy atom. The topological polar surface area (TPSA) is 111 Å². The first-order valence-electron chi connectivity index (χ1n) is 9.13. The number of hydrogen-bond acceptors (Lipinski definition) is 4. The summed E-state index contributed by atoms with van der Waals surface area (Å²) in [6, 6.07) is 8.52. The van der Waals surface area contributed by atoms with E-state index in [2.05, 4.69) is 4.98 Å². The average Bonchev–Trinajstić information content (AvgIpc) is 3.19. The summed E-state index contributed by atoms with van der Waals surface area (Å²) in [5.74, 6) is -1.83. The Labute approximate surface area is 185 Å². The highest BCUT2D eigenvalue weighted by atomic mass is 35.5. The number of rotatable bonds is 5. The fraction of sp³-hybridized carbons (Fsp3) is 0.143. The van der Waals surface area contributed by atoms with Crippen molar-refractivity contribution in [2.75, 3.05) is 11.4 Å². The smallest absolute Gasteiger partial charge is 0.352 e. The number of nitrogens with zero attached hydrogens (tertiary/aromatic N) is 2. The summed E-state index contributed by atoms with van der Waals surface area (Å²) >= 11 is 12.3. The van der Waals surface area contributed by atoms with Gasteiger partial charge in [-0.05, 0) is 43.3 Å². The molecule has 2 N–H and O–H groups in total. The quantitative estimate of drug-likeness (QED) is 0.435. The number of nitrogens with one attached hydrogen (secondary N) is 1. The SMILES string of the molecule is CC(=O)c1ccc(N2C(=O)CN(Cc3c(C(=O)O)[nH]c4cc(Cl)cc(Cl)c34)C2=O)cc1. The molecule has 0 saturated carbocycles. The third-order valence-electron chi connectivity index (χ3n) is 5.05. The second-order valence-electron chi connectivity index (χ2n) is 7.06. The lowest BCUT2D eigenvalue weighted by atomic mass is 10.1. The fourth-order valence-electron chi connectivity index (χ4n) is 3.62. The molecule has 3 aromatic rings. The molecule has 1 aliphatic rings. The lowest BCUT2D eigenvalue weighted by molar-refractivity contribution is -0.116. The number of anilines is 1. The third-order valence-corrected chi connectivity index (χ3v) is 5.57. The summed E-state index contributed by atoms with van der Waals surface area (Å²) in [7, 11) is 0. The lowest BCUT2D eigenvalue weighted by Gasteiger charge is -2.17. The molecule has 2 aromatic carbocycles. The Morgan fingerprint density at radius 3 is 2.42 bits per heavy atom. The first-order valence-corrected chi connectivity index (χ1v) is 9.88. The highest BCUT2D eigenvalue weighted by Gasteiger charge is 2.38. The van der Waals surface area contributed by atoms with Crippen LogP contribution in [0.25, 0.3) is 10.9 Å². The number of amides is 3. The van der Waals surface area contributed by atoms with E-state index in [4.69, 9.17) is 23.2 Å². The zero-order valence-electron chi connectivity index (χ0n) is 16.1. The van der Waals surface area contributed by atoms with Crippen LogP contribution in [0.2, 0.25) is 10.0 Å². The molecule has 0 aliphatic carbocycles. The molecule has 10 heteroatoms. The van der Waals surface area contributed by atoms with Gasteiger partial charge in [-0.1, -0.05) is 23.2 Å². The van der Waals surface area contributed by atoms with Crippen LogP contribution in [0.15, 0.2) is 36.4 Å². The number of fused-ring (bicyclic) bond motifs is 1. The van der Waals surface area contributed by atoms with E-state index in [1.807, 2.05) is 0 Å². The third kappa shape index (κ3) is 3.64. The second kappa shape index (κ2) is 7.72. The van der Waals surface area contributed by atoms with Gasteiger partial charge in [0.15, 0.2) is 5.78 Å². The first kappa shape index (κ1) is 20.9. The molecular weight excluding hydrogens is 445 g/mol. The van der Waals surface area contributed by atoms with Gasteiger partial charge in [0, 0.05) is 27.1 Å². The van der Waals surface area contributed by atoms with Crippen molar-refractivity contribution in [1.29, 1.82) is 0 Å². The van der Waals surface area contributed by atoms with E-state index in [0.717, 1.165) is 4.90 Å². The number of H-pyrrole nitrogens is 1. The van der Waals surface area contributed by atoms with Crippen LogP contribution in [0.3, 0.4) is 0 Å². The van der Waals surface area contributed by atoms with E-state index >= 15 is 0 Å². The monoisotopic (exact) mass is 459 g/mol. The minimum atomic E-state index is -1.23. The van der Waals surface area contributed by atoms with E-state index in [1.165, 1.54) is 42.2 Å². The van der Waals surface area contributed by atoms with E-state index in [1.54, 1.807) is 6.07 Å². The molecule has 1 aliphatic heterocycles. The van der Waals surface area contributed by atoms with Gasteiger partial charge in [-0.25, -0.2) is 14.5 Å². The number of aromatic carboxylic acids is 1. The summed E-state index contributed by atoms with van der Waals surface area (Å²) in [5.41, 5.74) is 1.34. The van der Waals surface area contributed by atoms with Gasteiger partial charge in [0.05, 0.1) is 17.3 Å². The molecule has 158 valence electrons. The molecule has 4 rings (SSSR count). The summed E-state index contributed by atoms with van der Waals surface area (Å²) in [4.78, 5) is 53.8. The van der Waals surface area contributed by atoms with Gasteiger partial charge >= 0.3 is 12.0 Å². The largest absolute Gasteiger partial charge is 0.477 e. The van der Waals surface area contributed by atoms with Crippen LogP contribution in [0.4, 0.5) is 10.5 Å². The number of carbonyl (C=O) groups excluding carboxylic acids is 3. The zero-order chi connectivity index (χ0) is 22.4. The second-order valence-corrected chi connectivity index (χ2v) is 7.91. The van der Waals surface area contributed by atoms with Gasteiger partial charge in [0.25, 0.3) is 5.91 Å². The highest BCUT2D eigenvalue weighted by Crippen LogP contribution is 2.34. The molecule has 0 spiro atoms. The normalized spacial score (nSPS) is 14.0. The number of carboxylic acids is 1. The zero-order valence-corrected chi connectivity index (χ0v) is 17.6. The minimum Gasteiger partial charge on any atom is -0.477 e. The highest BCUT2D eigenvalue weighted by molar-refractivity contribution is 6.39. The Balaban J connectivity index is 1.69. The van der Waals surface area contributed by atoms with Gasteiger partial charge in [0.1, 0.15) is 12.2 Å². The molecular formula is C21H15Cl2N3O5. The van der Waals surface area contributed by atoms with Gasteiger partial charge in [-0.15, -0.1) is 0 Å². The maximum absolute atomic E-state index is 13.0. The number of imide groups is 1. The van der Waals surface area contributed by atoms with Crippen molar-refractivity contribution < 1.29 is 24.3 Å². The molecule has 0 radical (unpaired) electrons. The molecule has 0 bridgehead atoms. The van der Waals surface area contributed by atoms with Crippen LogP contribution >= 0.6 is 23.2 Å². The number of aromatic nitrogens is 1. The molecule has 0 unspecified atom stereocenters. The number of carbonyl (C=O) groups is 4. The molecule has 31 heavy (non-hydrogen) atoms. The van der Waals surface area contributed by atoms with E-state index < -0.39 is 17.9 Å². The number of urea groups is 1. The van der Waals surface area contributed by atoms with Crippen molar-refractivity contribution in [3.05, 3.63) is 63.3 Å². The molecule has 1 saturated heterocycles. The van der Waals surface area contributed by atoms with Crippen LogP contribution in [0.5, 0.6) is 0 Å². The lowest BCUT2D eigenvalue weighted by Crippen LogP contribution is -2.33. The Hall–Kier alpha value is -3.36. The van der Waals surface area contributed by atoms with Gasteiger partial charge in [-0.2, -0.15) is 0 Å². The summed E-state index contributed by atoms with van der Waals surface area (Å²) in [6.45, 7) is 1.04. The number of halogens is 2. The average molecular weight is 460 g/mol. The molecule has 0 atom stereocenters. The first-order chi connectivity index (χ1) is 14.7. The Bertz CT molecular complexity index is 1270. The standard InChI is InChI=1S/C21H15Cl2N3O5/c1-10(27)11-2-4-13(5-3-11)26-17(28)9-25(21(26)31)8-14-18-15(23)6-12(22)7-16(18)24-19(14)20(29)30/h2-7,24H,8-9H2,1H3,(H,29,30). The van der Waals surface area contributed by atoms with Crippen LogP contribution in [0, 0.1) is 0 Å². The summed E-state index contributed by atoms with van der Waals surface area (Å²) in [5, 5.41) is 10.6. The minimum absolute atomic E-state index is 0.134.